The van der Waals surface area contributed by atoms with Crippen LogP contribution in [-0.2, 0) is 11.3 Å². The maximum atomic E-state index is 10.7. The zero-order valence-electron chi connectivity index (χ0n) is 14.0. The highest BCUT2D eigenvalue weighted by molar-refractivity contribution is 5.03. The van der Waals surface area contributed by atoms with Crippen LogP contribution in [-0.4, -0.2) is 51.2 Å². The number of nitrogens with zero attached hydrogens (tertiary/aromatic N) is 3. The van der Waals surface area contributed by atoms with E-state index < -0.39 is 5.60 Å². The first-order valence-electron chi connectivity index (χ1n) is 8.55. The van der Waals surface area contributed by atoms with E-state index in [9.17, 15) is 5.11 Å². The van der Waals surface area contributed by atoms with Crippen molar-refractivity contribution in [3.05, 3.63) is 18.0 Å². The molecular weight excluding hydrogens is 278 g/mol. The quantitative estimate of drug-likeness (QED) is 0.926. The van der Waals surface area contributed by atoms with Gasteiger partial charge in [-0.1, -0.05) is 0 Å². The van der Waals surface area contributed by atoms with Gasteiger partial charge < -0.3 is 9.84 Å². The molecule has 22 heavy (non-hydrogen) atoms. The van der Waals surface area contributed by atoms with Crippen LogP contribution in [0.25, 0.3) is 0 Å². The van der Waals surface area contributed by atoms with E-state index in [4.69, 9.17) is 4.74 Å². The van der Waals surface area contributed by atoms with Gasteiger partial charge in [-0.2, -0.15) is 5.10 Å². The average molecular weight is 307 g/mol. The molecule has 5 nitrogen and oxygen atoms in total. The van der Waals surface area contributed by atoms with Crippen molar-refractivity contribution in [1.29, 1.82) is 0 Å². The third-order valence-electron chi connectivity index (χ3n) is 5.29. The molecule has 2 aliphatic heterocycles. The van der Waals surface area contributed by atoms with Crippen LogP contribution in [0, 0.1) is 5.92 Å². The Morgan fingerprint density at radius 1 is 1.50 bits per heavy atom. The van der Waals surface area contributed by atoms with Crippen molar-refractivity contribution >= 4 is 0 Å². The van der Waals surface area contributed by atoms with Crippen molar-refractivity contribution in [2.45, 2.75) is 64.3 Å². The zero-order chi connectivity index (χ0) is 15.7. The Labute approximate surface area is 133 Å². The molecule has 0 spiro atoms. The van der Waals surface area contributed by atoms with Gasteiger partial charge in [0.15, 0.2) is 0 Å². The van der Waals surface area contributed by atoms with E-state index in [1.54, 1.807) is 0 Å². The van der Waals surface area contributed by atoms with Crippen molar-refractivity contribution in [2.75, 3.05) is 19.8 Å². The second-order valence-corrected chi connectivity index (χ2v) is 7.35. The Bertz CT molecular complexity index is 498. The second-order valence-electron chi connectivity index (χ2n) is 7.35. The minimum Gasteiger partial charge on any atom is -0.390 e. The minimum atomic E-state index is -0.608. The summed E-state index contributed by atoms with van der Waals surface area (Å²) in [6.07, 6.45) is 5.14. The van der Waals surface area contributed by atoms with Crippen LogP contribution in [0.1, 0.15) is 51.8 Å². The second kappa shape index (κ2) is 6.30. The van der Waals surface area contributed by atoms with E-state index in [1.807, 2.05) is 11.6 Å². The fourth-order valence-electron chi connectivity index (χ4n) is 3.84. The van der Waals surface area contributed by atoms with Gasteiger partial charge in [-0.05, 0) is 52.6 Å². The van der Waals surface area contributed by atoms with Gasteiger partial charge in [0.05, 0.1) is 17.9 Å². The highest BCUT2D eigenvalue weighted by Crippen LogP contribution is 2.36. The number of aliphatic hydroxyl groups is 1. The monoisotopic (exact) mass is 307 g/mol. The molecule has 124 valence electrons. The zero-order valence-corrected chi connectivity index (χ0v) is 14.0. The normalized spacial score (nSPS) is 33.7. The highest BCUT2D eigenvalue weighted by atomic mass is 16.5. The predicted molar refractivity (Wildman–Crippen MR) is 85.6 cm³/mol. The molecule has 3 rings (SSSR count). The summed E-state index contributed by atoms with van der Waals surface area (Å²) in [4.78, 5) is 2.49. The summed E-state index contributed by atoms with van der Waals surface area (Å²) in [6.45, 7) is 9.58. The van der Waals surface area contributed by atoms with Gasteiger partial charge in [-0.3, -0.25) is 9.58 Å². The molecule has 1 N–H and O–H groups in total. The lowest BCUT2D eigenvalue weighted by Crippen LogP contribution is -2.52. The van der Waals surface area contributed by atoms with Gasteiger partial charge >= 0.3 is 0 Å². The number of hydrogen-bond donors (Lipinski definition) is 1. The Morgan fingerprint density at radius 3 is 3.00 bits per heavy atom. The summed E-state index contributed by atoms with van der Waals surface area (Å²) >= 11 is 0. The molecule has 0 aromatic carbocycles. The van der Waals surface area contributed by atoms with Crippen molar-refractivity contribution in [1.82, 2.24) is 14.7 Å². The number of hydrogen-bond acceptors (Lipinski definition) is 4. The van der Waals surface area contributed by atoms with E-state index in [1.165, 1.54) is 6.42 Å². The molecule has 0 amide bonds. The first kappa shape index (κ1) is 16.0. The van der Waals surface area contributed by atoms with Crippen LogP contribution in [0.3, 0.4) is 0 Å². The summed E-state index contributed by atoms with van der Waals surface area (Å²) in [5.41, 5.74) is 0.514. The van der Waals surface area contributed by atoms with Gasteiger partial charge in [-0.25, -0.2) is 0 Å². The summed E-state index contributed by atoms with van der Waals surface area (Å²) in [5, 5.41) is 15.4. The van der Waals surface area contributed by atoms with Crippen molar-refractivity contribution in [3.63, 3.8) is 0 Å². The van der Waals surface area contributed by atoms with E-state index in [-0.39, 0.29) is 5.92 Å². The molecule has 2 saturated heterocycles. The third-order valence-corrected chi connectivity index (χ3v) is 5.29. The lowest BCUT2D eigenvalue weighted by molar-refractivity contribution is -0.123. The Balaban J connectivity index is 1.69. The average Bonchev–Trinajstić information content (AvgIpc) is 3.08. The fraction of sp³-hybridized carbons (Fsp3) is 0.824. The molecule has 3 atom stereocenters. The van der Waals surface area contributed by atoms with Crippen LogP contribution in [0.5, 0.6) is 0 Å². The van der Waals surface area contributed by atoms with Gasteiger partial charge in [0.1, 0.15) is 0 Å². The Kier molecular flexibility index (Phi) is 4.57. The van der Waals surface area contributed by atoms with Crippen molar-refractivity contribution in [2.24, 2.45) is 5.92 Å². The molecule has 0 radical (unpaired) electrons. The first-order valence-corrected chi connectivity index (χ1v) is 8.55. The predicted octanol–water partition coefficient (Wildman–Crippen LogP) is 2.22. The molecule has 0 saturated carbocycles. The van der Waals surface area contributed by atoms with Crippen LogP contribution < -0.4 is 0 Å². The van der Waals surface area contributed by atoms with Gasteiger partial charge in [0, 0.05) is 37.4 Å². The fourth-order valence-corrected chi connectivity index (χ4v) is 3.84. The first-order chi connectivity index (χ1) is 10.5. The third kappa shape index (κ3) is 3.21. The number of ether oxygens (including phenoxy) is 1. The molecule has 2 aliphatic rings. The van der Waals surface area contributed by atoms with Crippen LogP contribution in [0.2, 0.25) is 0 Å². The summed E-state index contributed by atoms with van der Waals surface area (Å²) in [5.74, 6) is 0.205. The van der Waals surface area contributed by atoms with E-state index >= 15 is 0 Å². The largest absolute Gasteiger partial charge is 0.390 e. The molecule has 2 fully saturated rings. The lowest BCUT2D eigenvalue weighted by atomic mass is 9.79. The standard InChI is InChI=1S/C17H29N3O2/c1-13(2)20-9-6-14(18-20)11-19-8-4-5-16(19)15-12-22-10-7-17(15,3)21/h6,9,13,15-16,21H,4-5,7-8,10-12H2,1-3H3/t15-,16-,17+/m1/s1. The van der Waals surface area contributed by atoms with E-state index in [2.05, 4.69) is 36.1 Å². The smallest absolute Gasteiger partial charge is 0.0764 e. The minimum absolute atomic E-state index is 0.205. The summed E-state index contributed by atoms with van der Waals surface area (Å²) in [6, 6.07) is 2.92. The summed E-state index contributed by atoms with van der Waals surface area (Å²) < 4.78 is 7.67. The van der Waals surface area contributed by atoms with Crippen LogP contribution >= 0.6 is 0 Å². The molecule has 1 aromatic rings. The maximum absolute atomic E-state index is 10.7. The van der Waals surface area contributed by atoms with Gasteiger partial charge in [-0.15, -0.1) is 0 Å². The molecule has 0 aliphatic carbocycles. The lowest BCUT2D eigenvalue weighted by Gasteiger charge is -2.43. The Morgan fingerprint density at radius 2 is 2.32 bits per heavy atom. The maximum Gasteiger partial charge on any atom is 0.0764 e. The molecule has 0 unspecified atom stereocenters. The van der Waals surface area contributed by atoms with Crippen molar-refractivity contribution < 1.29 is 9.84 Å². The van der Waals surface area contributed by atoms with Crippen LogP contribution in [0.15, 0.2) is 12.3 Å². The molecule has 5 heteroatoms. The number of likely N-dealkylation sites (tertiary alicyclic amines) is 1. The van der Waals surface area contributed by atoms with Gasteiger partial charge in [0.2, 0.25) is 0 Å². The number of rotatable bonds is 4. The number of aromatic nitrogens is 2. The van der Waals surface area contributed by atoms with Crippen LogP contribution in [0.4, 0.5) is 0 Å². The molecule has 1 aromatic heterocycles. The molecular formula is C17H29N3O2. The van der Waals surface area contributed by atoms with Gasteiger partial charge in [0.25, 0.3) is 0 Å². The Hall–Kier alpha value is -0.910. The molecule has 0 bridgehead atoms. The molecule has 3 heterocycles. The highest BCUT2D eigenvalue weighted by Gasteiger charge is 2.44. The summed E-state index contributed by atoms with van der Waals surface area (Å²) in [7, 11) is 0. The SMILES string of the molecule is CC(C)n1ccc(CN2CCC[C@@H]2[C@H]2COCC[C@]2(C)O)n1. The van der Waals surface area contributed by atoms with E-state index in [0.29, 0.717) is 25.3 Å². The van der Waals surface area contributed by atoms with E-state index in [0.717, 1.165) is 31.6 Å². The van der Waals surface area contributed by atoms with Crippen molar-refractivity contribution in [3.8, 4) is 0 Å². The topological polar surface area (TPSA) is 50.5 Å².